The number of hydrogen-bond donors (Lipinski definition) is 0. The molecule has 0 radical (unpaired) electrons. The number of hydrogen-bond acceptors (Lipinski definition) is 0. The van der Waals surface area contributed by atoms with Crippen LogP contribution in [0.5, 0.6) is 0 Å². The van der Waals surface area contributed by atoms with Gasteiger partial charge in [0.2, 0.25) is 0 Å². The molecule has 29 heavy (non-hydrogen) atoms. The van der Waals surface area contributed by atoms with Crippen LogP contribution in [0.2, 0.25) is 0 Å². The van der Waals surface area contributed by atoms with Crippen molar-refractivity contribution >= 4 is 178 Å². The molecule has 0 N–H and O–H groups in total. The van der Waals surface area contributed by atoms with E-state index in [2.05, 4.69) is 245 Å². The van der Waals surface area contributed by atoms with Crippen molar-refractivity contribution in [2.75, 3.05) is 0 Å². The summed E-state index contributed by atoms with van der Waals surface area (Å²) in [6, 6.07) is 32.3. The first kappa shape index (κ1) is 30.0. The van der Waals surface area contributed by atoms with Gasteiger partial charge in [-0.15, -0.1) is 0 Å². The first-order valence-corrected chi connectivity index (χ1v) is 16.7. The minimum atomic E-state index is -0.446. The van der Waals surface area contributed by atoms with Gasteiger partial charge in [-0.1, -0.05) is 91.0 Å². The van der Waals surface area contributed by atoms with E-state index in [1.165, 1.54) is 15.9 Å². The van der Waals surface area contributed by atoms with Gasteiger partial charge in [0.15, 0.2) is -1.51 Å². The van der Waals surface area contributed by atoms with E-state index in [1.807, 2.05) is 0 Å². The van der Waals surface area contributed by atoms with Crippen LogP contribution >= 0.6 is 162 Å². The summed E-state index contributed by atoms with van der Waals surface area (Å²) in [7, 11) is -0.446. The minimum absolute atomic E-state index is 0.250. The molecule has 9 heteroatoms. The molecule has 0 saturated heterocycles. The summed E-state index contributed by atoms with van der Waals surface area (Å²) in [5, 5.41) is 4.19. The first-order chi connectivity index (χ1) is 13.4. The maximum atomic E-state index is 3.12. The molecule has 0 amide bonds. The molecule has 0 nitrogen and oxygen atoms in total. The molecule has 0 aromatic heterocycles. The zero-order chi connectivity index (χ0) is 21.9. The van der Waals surface area contributed by atoms with Crippen molar-refractivity contribution in [1.29, 1.82) is 0 Å². The summed E-state index contributed by atoms with van der Waals surface area (Å²) in [4.78, 5) is 0. The van der Waals surface area contributed by atoms with E-state index < -0.39 is 7.92 Å². The number of benzene rings is 3. The van der Waals surface area contributed by atoms with Gasteiger partial charge in [0.05, 0.1) is 0 Å². The standard InChI is InChI=1S/C18H15P.CBr4.CI4/c1-4-10-16(11-5-1)19(17-12-6-2-7-13-17)18-14-8-3-9-15-18;2*2-1(3,4)5/h1-15H;;. The third-order valence-electron chi connectivity index (χ3n) is 3.04. The van der Waals surface area contributed by atoms with E-state index in [4.69, 9.17) is 0 Å². The summed E-state index contributed by atoms with van der Waals surface area (Å²) < 4.78 is 0.130. The Hall–Kier alpha value is 2.93. The Labute approximate surface area is 262 Å². The molecule has 3 aromatic rings. The molecule has 0 bridgehead atoms. The first-order valence-electron chi connectivity index (χ1n) is 7.91. The molecule has 0 unspecified atom stereocenters. The van der Waals surface area contributed by atoms with Gasteiger partial charge in [0.1, 0.15) is 0 Å². The highest BCUT2D eigenvalue weighted by atomic mass is 127. The third kappa shape index (κ3) is 17.1. The van der Waals surface area contributed by atoms with E-state index in [0.717, 1.165) is 0 Å². The molecule has 0 fully saturated rings. The Bertz CT molecular complexity index is 693. The molecule has 0 aliphatic carbocycles. The molecule has 156 valence electrons. The van der Waals surface area contributed by atoms with Crippen LogP contribution in [0.25, 0.3) is 0 Å². The Kier molecular flexibility index (Phi) is 16.3. The van der Waals surface area contributed by atoms with E-state index in [-0.39, 0.29) is 1.05 Å². The lowest BCUT2D eigenvalue weighted by atomic mass is 10.4. The van der Waals surface area contributed by atoms with Crippen LogP contribution in [0.3, 0.4) is 0 Å². The van der Waals surface area contributed by atoms with Gasteiger partial charge in [-0.3, -0.25) is 0 Å². The van der Waals surface area contributed by atoms with Crippen molar-refractivity contribution in [3.05, 3.63) is 91.0 Å². The van der Waals surface area contributed by atoms with Crippen LogP contribution in [0, 0.1) is 0 Å². The largest absolute Gasteiger partial charge is 0.189 e. The topological polar surface area (TPSA) is 0 Å². The van der Waals surface area contributed by atoms with E-state index in [1.54, 1.807) is 0 Å². The fraction of sp³-hybridized carbons (Fsp3) is 0.100. The van der Waals surface area contributed by atoms with Gasteiger partial charge in [-0.2, -0.15) is 0 Å². The normalized spacial score (nSPS) is 11.1. The third-order valence-corrected chi connectivity index (χ3v) is 5.49. The smallest absolute Gasteiger partial charge is 0.0622 e. The predicted molar refractivity (Wildman–Crippen MR) is 182 cm³/mol. The Morgan fingerprint density at radius 1 is 0.483 bits per heavy atom. The van der Waals surface area contributed by atoms with Gasteiger partial charge in [-0.25, -0.2) is 0 Å². The Morgan fingerprint density at radius 2 is 0.655 bits per heavy atom. The van der Waals surface area contributed by atoms with Crippen molar-refractivity contribution < 1.29 is 0 Å². The highest BCUT2D eigenvalue weighted by Crippen LogP contribution is 2.42. The van der Waals surface area contributed by atoms with Gasteiger partial charge in [0, 0.05) is 0 Å². The summed E-state index contributed by atoms with van der Waals surface area (Å²) in [5.74, 6) is 0. The number of alkyl halides is 8. The second-order valence-corrected chi connectivity index (χ2v) is 37.4. The maximum Gasteiger partial charge on any atom is 0.189 e. The molecule has 0 aliphatic heterocycles. The van der Waals surface area contributed by atoms with Crippen LogP contribution in [0.4, 0.5) is 0 Å². The Morgan fingerprint density at radius 3 is 0.828 bits per heavy atom. The monoisotopic (exact) mass is 1110 g/mol. The molecule has 0 spiro atoms. The summed E-state index contributed by atoms with van der Waals surface area (Å²) in [6.07, 6.45) is 0. The molecule has 3 rings (SSSR count). The van der Waals surface area contributed by atoms with Gasteiger partial charge in [0.25, 0.3) is 0 Å². The molecule has 0 atom stereocenters. The van der Waals surface area contributed by atoms with Crippen LogP contribution in [-0.4, -0.2) is -1.51 Å². The van der Waals surface area contributed by atoms with Gasteiger partial charge < -0.3 is 0 Å². The molecular weight excluding hydrogens is 1100 g/mol. The van der Waals surface area contributed by atoms with Crippen LogP contribution < -0.4 is 15.9 Å². The second kappa shape index (κ2) is 15.8. The van der Waals surface area contributed by atoms with Crippen LogP contribution in [0.15, 0.2) is 91.0 Å². The average Bonchev–Trinajstić information content (AvgIpc) is 2.62. The molecule has 0 aliphatic rings. The lowest BCUT2D eigenvalue weighted by Crippen LogP contribution is -2.20. The highest BCUT2D eigenvalue weighted by Gasteiger charge is 2.15. The van der Waals surface area contributed by atoms with E-state index >= 15 is 0 Å². The second-order valence-electron chi connectivity index (χ2n) is 5.20. The quantitative estimate of drug-likeness (QED) is 0.139. The van der Waals surface area contributed by atoms with Gasteiger partial charge >= 0.3 is 0 Å². The maximum absolute atomic E-state index is 3.12. The Balaban J connectivity index is 0.000000353. The zero-order valence-electron chi connectivity index (χ0n) is 14.6. The minimum Gasteiger partial charge on any atom is -0.0622 e. The van der Waals surface area contributed by atoms with Crippen LogP contribution in [-0.2, 0) is 0 Å². The SMILES string of the molecule is BrC(Br)(Br)Br.IC(I)(I)I.c1ccc(P(c2ccccc2)c2ccccc2)cc1. The fourth-order valence-corrected chi connectivity index (χ4v) is 4.48. The number of halogens is 8. The average molecular weight is 1110 g/mol. The number of rotatable bonds is 3. The molecule has 0 saturated carbocycles. The van der Waals surface area contributed by atoms with Crippen molar-refractivity contribution in [2.45, 2.75) is -1.51 Å². The highest BCUT2D eigenvalue weighted by molar-refractivity contribution is 14.4. The van der Waals surface area contributed by atoms with Crippen molar-refractivity contribution in [1.82, 2.24) is 0 Å². The van der Waals surface area contributed by atoms with Crippen molar-refractivity contribution in [3.63, 3.8) is 0 Å². The summed E-state index contributed by atoms with van der Waals surface area (Å²) in [6.45, 7) is 0. The lowest BCUT2D eigenvalue weighted by Gasteiger charge is -2.18. The summed E-state index contributed by atoms with van der Waals surface area (Å²) >= 11 is 21.8. The molecule has 0 heterocycles. The van der Waals surface area contributed by atoms with Crippen LogP contribution in [0.1, 0.15) is 0 Å². The van der Waals surface area contributed by atoms with Gasteiger partial charge in [-0.05, 0) is 178 Å². The van der Waals surface area contributed by atoms with Crippen molar-refractivity contribution in [2.24, 2.45) is 0 Å². The molecular formula is C20H15Br4I4P. The molecule has 3 aromatic carbocycles. The van der Waals surface area contributed by atoms with E-state index in [9.17, 15) is 0 Å². The predicted octanol–water partition coefficient (Wildman–Crippen LogP) is 9.96. The fourth-order valence-electron chi connectivity index (χ4n) is 2.18. The summed E-state index contributed by atoms with van der Waals surface area (Å²) in [5.41, 5.74) is 0. The zero-order valence-corrected chi connectivity index (χ0v) is 30.5. The van der Waals surface area contributed by atoms with Crippen molar-refractivity contribution in [3.8, 4) is 0 Å². The lowest BCUT2D eigenvalue weighted by molar-refractivity contribution is 1.74. The van der Waals surface area contributed by atoms with E-state index in [0.29, 0.717) is -2.56 Å².